The molecule has 0 bridgehead atoms. The molecule has 5 rings (SSSR count). The summed E-state index contributed by atoms with van der Waals surface area (Å²) >= 11 is 1.92. The van der Waals surface area contributed by atoms with E-state index < -0.39 is 0 Å². The molecule has 0 amide bonds. The number of para-hydroxylation sites is 2. The second-order valence-electron chi connectivity index (χ2n) is 9.40. The van der Waals surface area contributed by atoms with Gasteiger partial charge in [-0.15, -0.1) is 12.4 Å². The second kappa shape index (κ2) is 9.54. The Morgan fingerprint density at radius 3 is 2.37 bits per heavy atom. The van der Waals surface area contributed by atoms with Crippen LogP contribution < -0.4 is 4.90 Å². The van der Waals surface area contributed by atoms with Crippen molar-refractivity contribution >= 4 is 35.5 Å². The lowest BCUT2D eigenvalue weighted by Gasteiger charge is -2.44. The van der Waals surface area contributed by atoms with E-state index in [1.807, 2.05) is 11.8 Å². The van der Waals surface area contributed by atoms with E-state index in [4.69, 9.17) is 0 Å². The maximum Gasteiger partial charge on any atom is 0.0582 e. The molecule has 2 aromatic rings. The van der Waals surface area contributed by atoms with E-state index in [1.165, 1.54) is 97.7 Å². The van der Waals surface area contributed by atoms with E-state index in [1.54, 1.807) is 0 Å². The Balaban J connectivity index is 0.00000218. The average molecular weight is 443 g/mol. The van der Waals surface area contributed by atoms with Crippen LogP contribution in [-0.4, -0.2) is 31.1 Å². The van der Waals surface area contributed by atoms with Gasteiger partial charge in [-0.25, -0.2) is 0 Å². The van der Waals surface area contributed by atoms with Gasteiger partial charge in [0.1, 0.15) is 0 Å². The Morgan fingerprint density at radius 2 is 1.57 bits per heavy atom. The lowest BCUT2D eigenvalue weighted by molar-refractivity contribution is 0.0676. The topological polar surface area (TPSA) is 6.48 Å². The van der Waals surface area contributed by atoms with Gasteiger partial charge in [0, 0.05) is 16.3 Å². The number of rotatable bonds is 4. The molecule has 2 aliphatic heterocycles. The Bertz CT molecular complexity index is 852. The third-order valence-corrected chi connectivity index (χ3v) is 8.65. The van der Waals surface area contributed by atoms with Crippen molar-refractivity contribution in [1.82, 2.24) is 4.90 Å². The molecule has 1 saturated carbocycles. The zero-order valence-corrected chi connectivity index (χ0v) is 19.9. The molecule has 3 aliphatic rings. The molecule has 1 saturated heterocycles. The van der Waals surface area contributed by atoms with E-state index in [0.29, 0.717) is 5.41 Å². The van der Waals surface area contributed by atoms with Crippen LogP contribution >= 0.6 is 24.2 Å². The number of piperidine rings is 1. The number of halogens is 1. The SMILES string of the molecule is Cc1cccc2c1N(CCCN1CCC3(CCCCC3)CC1)c1ccccc1S2.Cl. The highest BCUT2D eigenvalue weighted by molar-refractivity contribution is 7.99. The number of hydrogen-bond donors (Lipinski definition) is 0. The van der Waals surface area contributed by atoms with Crippen LogP contribution in [-0.2, 0) is 0 Å². The van der Waals surface area contributed by atoms with Crippen LogP contribution in [0.5, 0.6) is 0 Å². The number of benzene rings is 2. The van der Waals surface area contributed by atoms with Gasteiger partial charge >= 0.3 is 0 Å². The maximum absolute atomic E-state index is 2.74. The molecule has 0 radical (unpaired) electrons. The fourth-order valence-corrected chi connectivity index (χ4v) is 6.98. The Hall–Kier alpha value is -1.16. The Kier molecular flexibility index (Phi) is 7.01. The number of anilines is 2. The van der Waals surface area contributed by atoms with Crippen molar-refractivity contribution in [3.63, 3.8) is 0 Å². The van der Waals surface area contributed by atoms with Crippen molar-refractivity contribution in [2.24, 2.45) is 5.41 Å². The zero-order valence-electron chi connectivity index (χ0n) is 18.2. The molecule has 2 nitrogen and oxygen atoms in total. The minimum atomic E-state index is 0. The first kappa shape index (κ1) is 22.0. The van der Waals surface area contributed by atoms with Crippen molar-refractivity contribution in [2.75, 3.05) is 31.1 Å². The van der Waals surface area contributed by atoms with Gasteiger partial charge in [0.05, 0.1) is 11.4 Å². The lowest BCUT2D eigenvalue weighted by atomic mass is 9.68. The molecule has 0 aromatic heterocycles. The first-order valence-corrected chi connectivity index (χ1v) is 12.4. The smallest absolute Gasteiger partial charge is 0.0582 e. The first-order chi connectivity index (χ1) is 14.2. The van der Waals surface area contributed by atoms with Crippen molar-refractivity contribution in [2.45, 2.75) is 68.1 Å². The quantitative estimate of drug-likeness (QED) is 0.485. The van der Waals surface area contributed by atoms with Crippen LogP contribution in [0.25, 0.3) is 0 Å². The van der Waals surface area contributed by atoms with Gasteiger partial charge in [-0.05, 0) is 87.8 Å². The summed E-state index contributed by atoms with van der Waals surface area (Å²) in [6, 6.07) is 15.7. The van der Waals surface area contributed by atoms with E-state index in [9.17, 15) is 0 Å². The molecule has 1 aliphatic carbocycles. The number of hydrogen-bond acceptors (Lipinski definition) is 3. The molecule has 4 heteroatoms. The highest BCUT2D eigenvalue weighted by atomic mass is 35.5. The monoisotopic (exact) mass is 442 g/mol. The van der Waals surface area contributed by atoms with Crippen LogP contribution in [0.4, 0.5) is 11.4 Å². The van der Waals surface area contributed by atoms with Crippen molar-refractivity contribution in [3.05, 3.63) is 48.0 Å². The van der Waals surface area contributed by atoms with Gasteiger partial charge in [-0.1, -0.05) is 55.3 Å². The van der Waals surface area contributed by atoms with E-state index >= 15 is 0 Å². The maximum atomic E-state index is 2.74. The molecular formula is C26H35ClN2S. The molecular weight excluding hydrogens is 408 g/mol. The largest absolute Gasteiger partial charge is 0.339 e. The molecule has 162 valence electrons. The van der Waals surface area contributed by atoms with Crippen molar-refractivity contribution in [1.29, 1.82) is 0 Å². The molecule has 0 atom stereocenters. The fraction of sp³-hybridized carbons (Fsp3) is 0.538. The Morgan fingerprint density at radius 1 is 0.833 bits per heavy atom. The van der Waals surface area contributed by atoms with Gasteiger partial charge in [0.25, 0.3) is 0 Å². The van der Waals surface area contributed by atoms with Crippen LogP contribution in [0.15, 0.2) is 52.3 Å². The summed E-state index contributed by atoms with van der Waals surface area (Å²) in [4.78, 5) is 8.12. The summed E-state index contributed by atoms with van der Waals surface area (Å²) in [5, 5.41) is 0. The molecule has 2 heterocycles. The van der Waals surface area contributed by atoms with Gasteiger partial charge in [-0.3, -0.25) is 0 Å². The van der Waals surface area contributed by atoms with Crippen LogP contribution in [0, 0.1) is 12.3 Å². The third kappa shape index (κ3) is 4.40. The van der Waals surface area contributed by atoms with Gasteiger partial charge in [0.15, 0.2) is 0 Å². The summed E-state index contributed by atoms with van der Waals surface area (Å²) in [7, 11) is 0. The minimum Gasteiger partial charge on any atom is -0.339 e. The molecule has 1 spiro atoms. The molecule has 2 aromatic carbocycles. The summed E-state index contributed by atoms with van der Waals surface area (Å²) in [6.07, 6.45) is 11.5. The Labute approximate surface area is 192 Å². The molecule has 0 unspecified atom stereocenters. The van der Waals surface area contributed by atoms with E-state index in [0.717, 1.165) is 6.54 Å². The van der Waals surface area contributed by atoms with Crippen LogP contribution in [0.3, 0.4) is 0 Å². The predicted octanol–water partition coefficient (Wildman–Crippen LogP) is 7.46. The van der Waals surface area contributed by atoms with Gasteiger partial charge < -0.3 is 9.80 Å². The van der Waals surface area contributed by atoms with Crippen molar-refractivity contribution < 1.29 is 0 Å². The standard InChI is InChI=1S/C26H34N2S.ClH/c1-21-9-7-12-24-25(21)28(22-10-3-4-11-23(22)29-24)18-8-17-27-19-15-26(16-20-27)13-5-2-6-14-26;/h3-4,7,9-12H,2,5-6,8,13-20H2,1H3;1H. The van der Waals surface area contributed by atoms with Crippen molar-refractivity contribution in [3.8, 4) is 0 Å². The van der Waals surface area contributed by atoms with Gasteiger partial charge in [0.2, 0.25) is 0 Å². The predicted molar refractivity (Wildman–Crippen MR) is 132 cm³/mol. The van der Waals surface area contributed by atoms with E-state index in [2.05, 4.69) is 59.2 Å². The summed E-state index contributed by atoms with van der Waals surface area (Å²) in [5.74, 6) is 0. The molecule has 30 heavy (non-hydrogen) atoms. The van der Waals surface area contributed by atoms with E-state index in [-0.39, 0.29) is 12.4 Å². The van der Waals surface area contributed by atoms with Crippen LogP contribution in [0.2, 0.25) is 0 Å². The average Bonchev–Trinajstić information content (AvgIpc) is 2.75. The fourth-order valence-electron chi connectivity index (χ4n) is 5.80. The molecule has 2 fully saturated rings. The highest BCUT2D eigenvalue weighted by Crippen LogP contribution is 2.49. The lowest BCUT2D eigenvalue weighted by Crippen LogP contribution is -2.42. The second-order valence-corrected chi connectivity index (χ2v) is 10.5. The summed E-state index contributed by atoms with van der Waals surface area (Å²) < 4.78 is 0. The third-order valence-electron chi connectivity index (χ3n) is 7.53. The number of fused-ring (bicyclic) bond motifs is 2. The summed E-state index contributed by atoms with van der Waals surface area (Å²) in [5.41, 5.74) is 4.92. The van der Waals surface area contributed by atoms with Gasteiger partial charge in [-0.2, -0.15) is 0 Å². The summed E-state index contributed by atoms with van der Waals surface area (Å²) in [6.45, 7) is 7.25. The number of likely N-dealkylation sites (tertiary alicyclic amines) is 1. The normalized spacial score (nSPS) is 20.4. The van der Waals surface area contributed by atoms with Crippen LogP contribution in [0.1, 0.15) is 56.9 Å². The highest BCUT2D eigenvalue weighted by Gasteiger charge is 2.35. The molecule has 0 N–H and O–H groups in total. The minimum absolute atomic E-state index is 0. The first-order valence-electron chi connectivity index (χ1n) is 11.6. The zero-order chi connectivity index (χ0) is 19.7. The number of nitrogens with zero attached hydrogens (tertiary/aromatic N) is 2. The number of aryl methyl sites for hydroxylation is 1.